The van der Waals surface area contributed by atoms with Crippen LogP contribution in [0.2, 0.25) is 0 Å². The van der Waals surface area contributed by atoms with E-state index in [1.54, 1.807) is 18.4 Å². The van der Waals surface area contributed by atoms with Crippen molar-refractivity contribution in [3.63, 3.8) is 0 Å². The summed E-state index contributed by atoms with van der Waals surface area (Å²) in [4.78, 5) is 26.6. The Labute approximate surface area is 181 Å². The van der Waals surface area contributed by atoms with E-state index in [0.717, 1.165) is 36.8 Å². The highest BCUT2D eigenvalue weighted by Gasteiger charge is 2.28. The molecule has 0 bridgehead atoms. The van der Waals surface area contributed by atoms with E-state index in [-0.39, 0.29) is 11.8 Å². The second kappa shape index (κ2) is 8.84. The molecule has 0 fully saturated rings. The first-order valence-corrected chi connectivity index (χ1v) is 11.2. The molecule has 0 spiro atoms. The van der Waals surface area contributed by atoms with Gasteiger partial charge < -0.3 is 10.6 Å². The number of amides is 2. The highest BCUT2D eigenvalue weighted by molar-refractivity contribution is 7.17. The molecule has 2 N–H and O–H groups in total. The molecule has 0 unspecified atom stereocenters. The van der Waals surface area contributed by atoms with E-state index in [1.807, 2.05) is 42.5 Å². The SMILES string of the molecule is CNC(=O)c1c(NC(=O)c2ccc(Cc3ccccc3)cc2)sc2c1CC[C@@H](C)C2. The molecule has 1 aliphatic carbocycles. The van der Waals surface area contributed by atoms with Gasteiger partial charge in [-0.25, -0.2) is 0 Å². The molecule has 4 nitrogen and oxygen atoms in total. The Morgan fingerprint density at radius 2 is 1.70 bits per heavy atom. The molecule has 154 valence electrons. The summed E-state index contributed by atoms with van der Waals surface area (Å²) in [6, 6.07) is 17.9. The molecule has 30 heavy (non-hydrogen) atoms. The summed E-state index contributed by atoms with van der Waals surface area (Å²) in [5.41, 5.74) is 4.73. The minimum absolute atomic E-state index is 0.129. The van der Waals surface area contributed by atoms with Crippen LogP contribution in [0.4, 0.5) is 5.00 Å². The van der Waals surface area contributed by atoms with Crippen molar-refractivity contribution >= 4 is 28.2 Å². The molecular weight excluding hydrogens is 392 g/mol. The second-order valence-electron chi connectivity index (χ2n) is 7.95. The third-order valence-electron chi connectivity index (χ3n) is 5.66. The molecule has 1 atom stereocenters. The van der Waals surface area contributed by atoms with Gasteiger partial charge in [-0.05, 0) is 60.4 Å². The van der Waals surface area contributed by atoms with Gasteiger partial charge in [0.1, 0.15) is 5.00 Å². The van der Waals surface area contributed by atoms with Crippen LogP contribution in [0.3, 0.4) is 0 Å². The van der Waals surface area contributed by atoms with Gasteiger partial charge in [-0.15, -0.1) is 11.3 Å². The molecule has 3 aromatic rings. The van der Waals surface area contributed by atoms with Crippen molar-refractivity contribution in [1.29, 1.82) is 0 Å². The summed E-state index contributed by atoms with van der Waals surface area (Å²) in [6.45, 7) is 2.23. The Morgan fingerprint density at radius 1 is 1.00 bits per heavy atom. The number of anilines is 1. The molecule has 0 saturated carbocycles. The minimum Gasteiger partial charge on any atom is -0.355 e. The summed E-state index contributed by atoms with van der Waals surface area (Å²) >= 11 is 1.54. The van der Waals surface area contributed by atoms with Crippen LogP contribution in [0, 0.1) is 5.92 Å². The average Bonchev–Trinajstić information content (AvgIpc) is 3.11. The molecule has 1 heterocycles. The van der Waals surface area contributed by atoms with Crippen LogP contribution in [0.25, 0.3) is 0 Å². The lowest BCUT2D eigenvalue weighted by Gasteiger charge is -2.18. The van der Waals surface area contributed by atoms with Gasteiger partial charge in [-0.2, -0.15) is 0 Å². The van der Waals surface area contributed by atoms with Crippen molar-refractivity contribution in [2.75, 3.05) is 12.4 Å². The number of carbonyl (C=O) groups is 2. The predicted octanol–water partition coefficient (Wildman–Crippen LogP) is 5.08. The number of nitrogens with one attached hydrogen (secondary N) is 2. The normalized spacial score (nSPS) is 15.3. The van der Waals surface area contributed by atoms with E-state index in [9.17, 15) is 9.59 Å². The summed E-state index contributed by atoms with van der Waals surface area (Å²) in [5, 5.41) is 6.39. The number of rotatable bonds is 5. The van der Waals surface area contributed by atoms with Crippen LogP contribution >= 0.6 is 11.3 Å². The fourth-order valence-corrected chi connectivity index (χ4v) is 5.39. The first-order valence-electron chi connectivity index (χ1n) is 10.4. The van der Waals surface area contributed by atoms with E-state index in [2.05, 4.69) is 29.7 Å². The highest BCUT2D eigenvalue weighted by Crippen LogP contribution is 2.39. The van der Waals surface area contributed by atoms with Crippen LogP contribution in [0.1, 0.15) is 55.6 Å². The Balaban J connectivity index is 1.53. The van der Waals surface area contributed by atoms with Crippen molar-refractivity contribution < 1.29 is 9.59 Å². The molecule has 0 radical (unpaired) electrons. The summed E-state index contributed by atoms with van der Waals surface area (Å²) in [6.07, 6.45) is 3.76. The maximum absolute atomic E-state index is 12.9. The van der Waals surface area contributed by atoms with Gasteiger partial charge in [0.05, 0.1) is 5.56 Å². The van der Waals surface area contributed by atoms with Crippen molar-refractivity contribution in [3.8, 4) is 0 Å². The minimum atomic E-state index is -0.182. The molecule has 1 aromatic heterocycles. The van der Waals surface area contributed by atoms with E-state index in [0.29, 0.717) is 22.0 Å². The van der Waals surface area contributed by atoms with Crippen molar-refractivity contribution in [2.24, 2.45) is 5.92 Å². The molecule has 1 aliphatic rings. The molecule has 0 aliphatic heterocycles. The van der Waals surface area contributed by atoms with Gasteiger partial charge in [-0.1, -0.05) is 49.4 Å². The number of benzene rings is 2. The molecule has 4 rings (SSSR count). The smallest absolute Gasteiger partial charge is 0.256 e. The first kappa shape index (κ1) is 20.4. The Morgan fingerprint density at radius 3 is 2.40 bits per heavy atom. The third kappa shape index (κ3) is 4.31. The average molecular weight is 419 g/mol. The summed E-state index contributed by atoms with van der Waals surface area (Å²) in [5.74, 6) is 0.294. The fourth-order valence-electron chi connectivity index (χ4n) is 3.98. The monoisotopic (exact) mass is 418 g/mol. The zero-order valence-electron chi connectivity index (χ0n) is 17.3. The lowest BCUT2D eigenvalue weighted by molar-refractivity contribution is 0.0963. The van der Waals surface area contributed by atoms with E-state index in [1.165, 1.54) is 10.4 Å². The molecule has 2 aromatic carbocycles. The highest BCUT2D eigenvalue weighted by atomic mass is 32.1. The van der Waals surface area contributed by atoms with Gasteiger partial charge in [0.25, 0.3) is 11.8 Å². The summed E-state index contributed by atoms with van der Waals surface area (Å²) < 4.78 is 0. The lowest BCUT2D eigenvalue weighted by atomic mass is 9.88. The summed E-state index contributed by atoms with van der Waals surface area (Å²) in [7, 11) is 1.63. The molecule has 0 saturated heterocycles. The maximum atomic E-state index is 12.9. The van der Waals surface area contributed by atoms with Gasteiger partial charge in [0.15, 0.2) is 0 Å². The van der Waals surface area contributed by atoms with Crippen molar-refractivity contribution in [3.05, 3.63) is 87.3 Å². The van der Waals surface area contributed by atoms with Crippen LogP contribution in [0.15, 0.2) is 54.6 Å². The topological polar surface area (TPSA) is 58.2 Å². The number of fused-ring (bicyclic) bond motifs is 1. The first-order chi connectivity index (χ1) is 14.5. The quantitative estimate of drug-likeness (QED) is 0.607. The van der Waals surface area contributed by atoms with E-state index < -0.39 is 0 Å². The zero-order valence-corrected chi connectivity index (χ0v) is 18.1. The second-order valence-corrected chi connectivity index (χ2v) is 9.05. The van der Waals surface area contributed by atoms with Crippen LogP contribution < -0.4 is 10.6 Å². The number of carbonyl (C=O) groups excluding carboxylic acids is 2. The standard InChI is InChI=1S/C25H26N2O2S/c1-16-8-13-20-21(14-16)30-25(22(20)24(29)26-2)27-23(28)19-11-9-18(10-12-19)15-17-6-4-3-5-7-17/h3-7,9-12,16H,8,13-15H2,1-2H3,(H,26,29)(H,27,28)/t16-/m1/s1. The largest absolute Gasteiger partial charge is 0.355 e. The van der Waals surface area contributed by atoms with Crippen LogP contribution in [-0.4, -0.2) is 18.9 Å². The van der Waals surface area contributed by atoms with Crippen LogP contribution in [0.5, 0.6) is 0 Å². The van der Waals surface area contributed by atoms with E-state index >= 15 is 0 Å². The number of thiophene rings is 1. The Kier molecular flexibility index (Phi) is 6.00. The lowest BCUT2D eigenvalue weighted by Crippen LogP contribution is -2.22. The van der Waals surface area contributed by atoms with Gasteiger partial charge in [0.2, 0.25) is 0 Å². The van der Waals surface area contributed by atoms with Crippen LogP contribution in [-0.2, 0) is 19.3 Å². The predicted molar refractivity (Wildman–Crippen MR) is 123 cm³/mol. The van der Waals surface area contributed by atoms with Crippen molar-refractivity contribution in [1.82, 2.24) is 5.32 Å². The maximum Gasteiger partial charge on any atom is 0.256 e. The van der Waals surface area contributed by atoms with Gasteiger partial charge >= 0.3 is 0 Å². The third-order valence-corrected chi connectivity index (χ3v) is 6.83. The molecule has 5 heteroatoms. The molecular formula is C25H26N2O2S. The van der Waals surface area contributed by atoms with E-state index in [4.69, 9.17) is 0 Å². The fraction of sp³-hybridized carbons (Fsp3) is 0.280. The Bertz CT molecular complexity index is 1050. The molecule has 2 amide bonds. The zero-order chi connectivity index (χ0) is 21.1. The Hall–Kier alpha value is -2.92. The number of hydrogen-bond donors (Lipinski definition) is 2. The van der Waals surface area contributed by atoms with Crippen molar-refractivity contribution in [2.45, 2.75) is 32.6 Å². The van der Waals surface area contributed by atoms with Gasteiger partial charge in [-0.3, -0.25) is 9.59 Å². The van der Waals surface area contributed by atoms with Gasteiger partial charge in [0, 0.05) is 17.5 Å². The number of hydrogen-bond acceptors (Lipinski definition) is 3.